The smallest absolute Gasteiger partial charge is 0.105 e. The molecule has 0 saturated carbocycles. The van der Waals surface area contributed by atoms with Crippen molar-refractivity contribution in [1.82, 2.24) is 19.9 Å². The summed E-state index contributed by atoms with van der Waals surface area (Å²) >= 11 is 0. The third-order valence-electron chi connectivity index (χ3n) is 8.53. The minimum Gasteiger partial charge on any atom is -0.391 e. The van der Waals surface area contributed by atoms with Crippen LogP contribution in [-0.4, -0.2) is 27.3 Å². The van der Waals surface area contributed by atoms with Crippen molar-refractivity contribution in [2.75, 3.05) is 7.05 Å². The molecule has 204 valence electrons. The minimum absolute atomic E-state index is 0.542. The summed E-state index contributed by atoms with van der Waals surface area (Å²) < 4.78 is 2.15. The SMILES string of the molecule is CCc1nc2c(C)cc(C(C)(/C(C(C)=N)=C(\C)NC)c3cnc(C)n3C)cc2c(C)c1CCc1ccccc1. The Hall–Kier alpha value is -3.73. The molecule has 39 heavy (non-hydrogen) atoms. The number of hydrogen-bond donors (Lipinski definition) is 2. The zero-order valence-electron chi connectivity index (χ0n) is 25.1. The molecule has 2 aromatic heterocycles. The molecule has 1 unspecified atom stereocenters. The van der Waals surface area contributed by atoms with E-state index >= 15 is 0 Å². The van der Waals surface area contributed by atoms with Crippen LogP contribution in [0.3, 0.4) is 0 Å². The lowest BCUT2D eigenvalue weighted by molar-refractivity contribution is 0.614. The Morgan fingerprint density at radius 2 is 1.74 bits per heavy atom. The van der Waals surface area contributed by atoms with Crippen LogP contribution in [-0.2, 0) is 31.7 Å². The van der Waals surface area contributed by atoms with Crippen molar-refractivity contribution in [3.05, 3.63) is 105 Å². The van der Waals surface area contributed by atoms with Crippen LogP contribution in [0.25, 0.3) is 10.9 Å². The van der Waals surface area contributed by atoms with Gasteiger partial charge in [0.15, 0.2) is 0 Å². The number of hydrogen-bond acceptors (Lipinski definition) is 4. The maximum absolute atomic E-state index is 8.86. The molecule has 0 radical (unpaired) electrons. The predicted molar refractivity (Wildman–Crippen MR) is 164 cm³/mol. The summed E-state index contributed by atoms with van der Waals surface area (Å²) in [6.45, 7) is 14.8. The molecule has 1 atom stereocenters. The topological polar surface area (TPSA) is 66.6 Å². The summed E-state index contributed by atoms with van der Waals surface area (Å²) in [5, 5.41) is 13.4. The van der Waals surface area contributed by atoms with Gasteiger partial charge in [0.05, 0.1) is 16.6 Å². The number of pyridine rings is 1. The number of rotatable bonds is 9. The third-order valence-corrected chi connectivity index (χ3v) is 8.53. The molecule has 0 aliphatic carbocycles. The Bertz CT molecular complexity index is 1560. The largest absolute Gasteiger partial charge is 0.391 e. The van der Waals surface area contributed by atoms with E-state index < -0.39 is 5.41 Å². The van der Waals surface area contributed by atoms with Gasteiger partial charge in [-0.1, -0.05) is 43.3 Å². The number of aryl methyl sites for hydroxylation is 5. The monoisotopic (exact) mass is 521 g/mol. The number of benzene rings is 2. The number of imidazole rings is 1. The van der Waals surface area contributed by atoms with Gasteiger partial charge in [-0.15, -0.1) is 0 Å². The first-order valence-corrected chi connectivity index (χ1v) is 13.9. The lowest BCUT2D eigenvalue weighted by Gasteiger charge is -2.35. The van der Waals surface area contributed by atoms with E-state index in [1.807, 2.05) is 27.1 Å². The average molecular weight is 522 g/mol. The van der Waals surface area contributed by atoms with E-state index in [0.29, 0.717) is 5.71 Å². The highest BCUT2D eigenvalue weighted by Crippen LogP contribution is 2.43. The zero-order valence-corrected chi connectivity index (χ0v) is 25.1. The van der Waals surface area contributed by atoms with E-state index in [2.05, 4.69) is 99.0 Å². The van der Waals surface area contributed by atoms with E-state index in [-0.39, 0.29) is 0 Å². The number of nitrogens with zero attached hydrogens (tertiary/aromatic N) is 3. The van der Waals surface area contributed by atoms with Crippen LogP contribution in [0.1, 0.15) is 72.7 Å². The van der Waals surface area contributed by atoms with Gasteiger partial charge in [-0.3, -0.25) is 4.98 Å². The number of allylic oxidation sites excluding steroid dienone is 2. The minimum atomic E-state index is -0.589. The maximum Gasteiger partial charge on any atom is 0.105 e. The third kappa shape index (κ3) is 5.03. The lowest BCUT2D eigenvalue weighted by atomic mass is 9.70. The summed E-state index contributed by atoms with van der Waals surface area (Å²) in [4.78, 5) is 9.90. The maximum atomic E-state index is 8.86. The molecule has 0 aliphatic rings. The quantitative estimate of drug-likeness (QED) is 0.231. The first kappa shape index (κ1) is 28.3. The summed E-state index contributed by atoms with van der Waals surface area (Å²) in [5.41, 5.74) is 11.6. The van der Waals surface area contributed by atoms with Crippen molar-refractivity contribution in [2.45, 2.75) is 73.1 Å². The molecule has 0 fully saturated rings. The van der Waals surface area contributed by atoms with Gasteiger partial charge in [0, 0.05) is 48.4 Å². The molecule has 5 nitrogen and oxygen atoms in total. The van der Waals surface area contributed by atoms with E-state index in [0.717, 1.165) is 58.7 Å². The second-order valence-electron chi connectivity index (χ2n) is 10.9. The van der Waals surface area contributed by atoms with Crippen LogP contribution >= 0.6 is 0 Å². The van der Waals surface area contributed by atoms with Crippen molar-refractivity contribution in [2.24, 2.45) is 7.05 Å². The molecular formula is C34H43N5. The Morgan fingerprint density at radius 3 is 2.31 bits per heavy atom. The van der Waals surface area contributed by atoms with Crippen LogP contribution in [0.2, 0.25) is 0 Å². The van der Waals surface area contributed by atoms with Crippen LogP contribution in [0.5, 0.6) is 0 Å². The molecule has 4 rings (SSSR count). The standard InChI is InChI=1S/C34H43N5/c1-10-30-28(17-16-26-14-12-11-13-15-26)22(3)29-19-27(18-21(2)33(29)38-30)34(7,31-20-37-25(6)39(31)9)32(23(4)35)24(5)36-8/h11-15,18-20,35-36H,10,16-17H2,1-9H3/b32-24+,35-23?. The summed E-state index contributed by atoms with van der Waals surface area (Å²) in [6.07, 6.45) is 4.84. The Balaban J connectivity index is 2.00. The first-order valence-electron chi connectivity index (χ1n) is 13.9. The highest BCUT2D eigenvalue weighted by atomic mass is 15.1. The van der Waals surface area contributed by atoms with Gasteiger partial charge >= 0.3 is 0 Å². The van der Waals surface area contributed by atoms with Gasteiger partial charge in [-0.2, -0.15) is 0 Å². The zero-order chi connectivity index (χ0) is 28.5. The number of fused-ring (bicyclic) bond motifs is 1. The molecule has 2 heterocycles. The Morgan fingerprint density at radius 1 is 1.05 bits per heavy atom. The summed E-state index contributed by atoms with van der Waals surface area (Å²) in [6, 6.07) is 15.3. The van der Waals surface area contributed by atoms with Gasteiger partial charge in [0.2, 0.25) is 0 Å². The molecular weight excluding hydrogens is 478 g/mol. The fourth-order valence-electron chi connectivity index (χ4n) is 6.17. The van der Waals surface area contributed by atoms with Crippen LogP contribution in [0.15, 0.2) is 59.9 Å². The summed E-state index contributed by atoms with van der Waals surface area (Å²) in [5.74, 6) is 0.950. The van der Waals surface area contributed by atoms with Gasteiger partial charge in [-0.25, -0.2) is 4.98 Å². The highest BCUT2D eigenvalue weighted by Gasteiger charge is 2.39. The van der Waals surface area contributed by atoms with E-state index in [1.54, 1.807) is 0 Å². The van der Waals surface area contributed by atoms with Crippen LogP contribution in [0.4, 0.5) is 0 Å². The Labute approximate surface area is 233 Å². The van der Waals surface area contributed by atoms with Crippen molar-refractivity contribution >= 4 is 16.6 Å². The molecule has 0 aliphatic heterocycles. The highest BCUT2D eigenvalue weighted by molar-refractivity contribution is 6.00. The van der Waals surface area contributed by atoms with Gasteiger partial charge in [0.25, 0.3) is 0 Å². The lowest BCUT2D eigenvalue weighted by Crippen LogP contribution is -2.34. The van der Waals surface area contributed by atoms with Crippen molar-refractivity contribution in [3.63, 3.8) is 0 Å². The second kappa shape index (κ2) is 11.2. The fourth-order valence-corrected chi connectivity index (χ4v) is 6.17. The van der Waals surface area contributed by atoms with E-state index in [4.69, 9.17) is 10.4 Å². The molecule has 4 aromatic rings. The molecule has 0 bridgehead atoms. The molecule has 0 spiro atoms. The second-order valence-corrected chi connectivity index (χ2v) is 10.9. The average Bonchev–Trinajstić information content (AvgIpc) is 3.26. The number of aromatic nitrogens is 3. The Kier molecular flexibility index (Phi) is 8.10. The van der Waals surface area contributed by atoms with Gasteiger partial charge < -0.3 is 15.3 Å². The van der Waals surface area contributed by atoms with Crippen LogP contribution in [0, 0.1) is 26.2 Å². The van der Waals surface area contributed by atoms with Crippen molar-refractivity contribution in [3.8, 4) is 0 Å². The molecule has 5 heteroatoms. The van der Waals surface area contributed by atoms with Crippen molar-refractivity contribution in [1.29, 1.82) is 5.41 Å². The normalized spacial score (nSPS) is 13.8. The molecule has 0 saturated heterocycles. The first-order chi connectivity index (χ1) is 18.5. The van der Waals surface area contributed by atoms with Gasteiger partial charge in [0.1, 0.15) is 5.82 Å². The van der Waals surface area contributed by atoms with E-state index in [1.165, 1.54) is 27.8 Å². The summed E-state index contributed by atoms with van der Waals surface area (Å²) in [7, 11) is 4.00. The fraction of sp³-hybridized carbons (Fsp3) is 0.382. The molecule has 2 aromatic carbocycles. The molecule has 0 amide bonds. The van der Waals surface area contributed by atoms with Gasteiger partial charge in [-0.05, 0) is 94.7 Å². The van der Waals surface area contributed by atoms with E-state index in [9.17, 15) is 0 Å². The van der Waals surface area contributed by atoms with Crippen molar-refractivity contribution < 1.29 is 0 Å². The number of nitrogens with one attached hydrogen (secondary N) is 2. The van der Waals surface area contributed by atoms with Crippen LogP contribution < -0.4 is 5.32 Å². The molecule has 2 N–H and O–H groups in total. The predicted octanol–water partition coefficient (Wildman–Crippen LogP) is 7.08.